The van der Waals surface area contributed by atoms with Gasteiger partial charge in [0.15, 0.2) is 0 Å². The number of nitrogens with one attached hydrogen (secondary N) is 2. The summed E-state index contributed by atoms with van der Waals surface area (Å²) in [5, 5.41) is 16.8. The van der Waals surface area contributed by atoms with Crippen LogP contribution in [0, 0.1) is 0 Å². The molecule has 0 unspecified atom stereocenters. The third-order valence-corrected chi connectivity index (χ3v) is 5.51. The van der Waals surface area contributed by atoms with Crippen molar-refractivity contribution in [3.63, 3.8) is 0 Å². The Kier molecular flexibility index (Phi) is 5.07. The van der Waals surface area contributed by atoms with E-state index < -0.39 is 0 Å². The van der Waals surface area contributed by atoms with Crippen molar-refractivity contribution in [1.82, 2.24) is 10.2 Å². The second-order valence-corrected chi connectivity index (χ2v) is 7.89. The Bertz CT molecular complexity index is 972. The van der Waals surface area contributed by atoms with E-state index in [1.165, 1.54) is 11.3 Å². The van der Waals surface area contributed by atoms with Crippen molar-refractivity contribution in [3.8, 4) is 10.6 Å². The molecule has 6 nitrogen and oxygen atoms in total. The molecule has 1 aliphatic heterocycles. The van der Waals surface area contributed by atoms with Gasteiger partial charge < -0.3 is 16.4 Å². The molecule has 3 aromatic rings. The number of carbonyl (C=O) groups is 1. The number of nitrogens with zero attached hydrogens (tertiary/aromatic N) is 2. The summed E-state index contributed by atoms with van der Waals surface area (Å²) in [5.74, 6) is 0.0245. The van der Waals surface area contributed by atoms with E-state index in [1.807, 2.05) is 42.5 Å². The number of nitrogens with two attached hydrogens (primary N) is 1. The number of hydrogen-bond acceptors (Lipinski definition) is 6. The smallest absolute Gasteiger partial charge is 0.228 e. The molecule has 138 valence electrons. The van der Waals surface area contributed by atoms with Crippen LogP contribution in [-0.2, 0) is 17.6 Å². The summed E-state index contributed by atoms with van der Waals surface area (Å²) < 4.78 is 0. The second kappa shape index (κ2) is 7.64. The molecule has 0 aliphatic carbocycles. The number of halogens is 1. The van der Waals surface area contributed by atoms with Gasteiger partial charge in [-0.25, -0.2) is 0 Å². The minimum atomic E-state index is -0.0457. The van der Waals surface area contributed by atoms with Crippen LogP contribution < -0.4 is 16.4 Å². The molecular formula is C19H18ClN5OS. The van der Waals surface area contributed by atoms with Crippen LogP contribution >= 0.6 is 22.9 Å². The summed E-state index contributed by atoms with van der Waals surface area (Å²) in [4.78, 5) is 11.5. The van der Waals surface area contributed by atoms with Crippen molar-refractivity contribution in [2.24, 2.45) is 5.73 Å². The first-order valence-corrected chi connectivity index (χ1v) is 9.77. The second-order valence-electron chi connectivity index (χ2n) is 6.48. The number of anilines is 2. The van der Waals surface area contributed by atoms with E-state index in [0.717, 1.165) is 44.0 Å². The van der Waals surface area contributed by atoms with Gasteiger partial charge in [0.25, 0.3) is 0 Å². The summed E-state index contributed by atoms with van der Waals surface area (Å²) in [5.41, 5.74) is 10.2. The fourth-order valence-electron chi connectivity index (χ4n) is 2.99. The summed E-state index contributed by atoms with van der Waals surface area (Å²) >= 11 is 7.37. The van der Waals surface area contributed by atoms with Crippen LogP contribution in [0.25, 0.3) is 10.6 Å². The lowest BCUT2D eigenvalue weighted by atomic mass is 10.1. The van der Waals surface area contributed by atoms with Crippen molar-refractivity contribution >= 4 is 39.7 Å². The Morgan fingerprint density at radius 2 is 2.04 bits per heavy atom. The molecule has 1 amide bonds. The van der Waals surface area contributed by atoms with Gasteiger partial charge in [-0.05, 0) is 47.9 Å². The summed E-state index contributed by atoms with van der Waals surface area (Å²) in [6, 6.07) is 13.5. The van der Waals surface area contributed by atoms with Crippen LogP contribution in [0.2, 0.25) is 5.02 Å². The Balaban J connectivity index is 1.36. The fourth-order valence-corrected chi connectivity index (χ4v) is 3.86. The molecule has 0 saturated carbocycles. The Hall–Kier alpha value is -2.48. The number of rotatable bonds is 6. The highest BCUT2D eigenvalue weighted by molar-refractivity contribution is 7.18. The highest BCUT2D eigenvalue weighted by Gasteiger charge is 2.18. The predicted octanol–water partition coefficient (Wildman–Crippen LogP) is 3.34. The molecule has 1 aliphatic rings. The maximum atomic E-state index is 11.5. The zero-order valence-corrected chi connectivity index (χ0v) is 16.0. The van der Waals surface area contributed by atoms with E-state index in [-0.39, 0.29) is 11.9 Å². The van der Waals surface area contributed by atoms with Crippen molar-refractivity contribution < 1.29 is 4.79 Å². The predicted molar refractivity (Wildman–Crippen MR) is 109 cm³/mol. The van der Waals surface area contributed by atoms with Crippen molar-refractivity contribution in [2.75, 3.05) is 17.2 Å². The molecule has 2 heterocycles. The topological polar surface area (TPSA) is 92.9 Å². The molecule has 4 rings (SSSR count). The van der Waals surface area contributed by atoms with Gasteiger partial charge in [-0.15, -0.1) is 10.2 Å². The molecule has 0 radical (unpaired) electrons. The first-order chi connectivity index (χ1) is 13.1. The third-order valence-electron chi connectivity index (χ3n) is 4.33. The Morgan fingerprint density at radius 3 is 2.85 bits per heavy atom. The van der Waals surface area contributed by atoms with E-state index >= 15 is 0 Å². The number of carbonyl (C=O) groups excluding carboxylic acids is 1. The van der Waals surface area contributed by atoms with E-state index in [1.54, 1.807) is 0 Å². The number of amides is 1. The van der Waals surface area contributed by atoms with Crippen LogP contribution in [0.5, 0.6) is 0 Å². The summed E-state index contributed by atoms with van der Waals surface area (Å²) in [7, 11) is 0. The van der Waals surface area contributed by atoms with E-state index in [4.69, 9.17) is 17.3 Å². The van der Waals surface area contributed by atoms with Gasteiger partial charge in [-0.3, -0.25) is 4.79 Å². The van der Waals surface area contributed by atoms with Gasteiger partial charge in [0.05, 0.1) is 6.42 Å². The zero-order valence-electron chi connectivity index (χ0n) is 14.4. The highest BCUT2D eigenvalue weighted by Crippen LogP contribution is 2.31. The molecule has 0 spiro atoms. The third kappa shape index (κ3) is 4.27. The summed E-state index contributed by atoms with van der Waals surface area (Å²) in [6.45, 7) is 0.597. The van der Waals surface area contributed by atoms with E-state index in [0.29, 0.717) is 13.0 Å². The zero-order chi connectivity index (χ0) is 18.8. The maximum Gasteiger partial charge on any atom is 0.228 e. The standard InChI is InChI=1S/C19H18ClN5OS/c20-14-4-1-11(2-5-14)7-15(21)10-22-19-25-24-18(27-19)12-3-6-16-13(8-12)9-17(26)23-16/h1-6,8,15H,7,9-10,21H2,(H,22,25)(H,23,26)/t15-/m1/s1. The molecule has 1 aromatic heterocycles. The van der Waals surface area contributed by atoms with Gasteiger partial charge in [-0.2, -0.15) is 0 Å². The SMILES string of the molecule is N[C@@H](CNc1nnc(-c2ccc3c(c2)CC(=O)N3)s1)Cc1ccc(Cl)cc1. The lowest BCUT2D eigenvalue weighted by Crippen LogP contribution is -2.31. The van der Waals surface area contributed by atoms with Crippen molar-refractivity contribution in [1.29, 1.82) is 0 Å². The molecule has 27 heavy (non-hydrogen) atoms. The average molecular weight is 400 g/mol. The number of hydrogen-bond donors (Lipinski definition) is 3. The van der Waals surface area contributed by atoms with Gasteiger partial charge in [0, 0.05) is 28.9 Å². The molecule has 4 N–H and O–H groups in total. The largest absolute Gasteiger partial charge is 0.359 e. The molecule has 0 bridgehead atoms. The molecular weight excluding hydrogens is 382 g/mol. The quantitative estimate of drug-likeness (QED) is 0.591. The van der Waals surface area contributed by atoms with Gasteiger partial charge in [0.1, 0.15) is 5.01 Å². The lowest BCUT2D eigenvalue weighted by Gasteiger charge is -2.12. The van der Waals surface area contributed by atoms with E-state index in [9.17, 15) is 4.79 Å². The normalized spacial score (nSPS) is 13.9. The van der Waals surface area contributed by atoms with Gasteiger partial charge in [0.2, 0.25) is 11.0 Å². The first kappa shape index (κ1) is 17.9. The molecule has 1 atom stereocenters. The minimum Gasteiger partial charge on any atom is -0.359 e. The Labute approximate surface area is 165 Å². The monoisotopic (exact) mass is 399 g/mol. The molecule has 0 fully saturated rings. The Morgan fingerprint density at radius 1 is 1.22 bits per heavy atom. The van der Waals surface area contributed by atoms with Crippen LogP contribution in [-0.4, -0.2) is 28.7 Å². The summed E-state index contributed by atoms with van der Waals surface area (Å²) in [6.07, 6.45) is 1.16. The highest BCUT2D eigenvalue weighted by atomic mass is 35.5. The van der Waals surface area contributed by atoms with Crippen LogP contribution in [0.4, 0.5) is 10.8 Å². The lowest BCUT2D eigenvalue weighted by molar-refractivity contribution is -0.115. The number of benzene rings is 2. The van der Waals surface area contributed by atoms with Gasteiger partial charge >= 0.3 is 0 Å². The number of aromatic nitrogens is 2. The fraction of sp³-hybridized carbons (Fsp3) is 0.211. The average Bonchev–Trinajstić information content (AvgIpc) is 3.26. The van der Waals surface area contributed by atoms with Crippen LogP contribution in [0.15, 0.2) is 42.5 Å². The van der Waals surface area contributed by atoms with E-state index in [2.05, 4.69) is 20.8 Å². The maximum absolute atomic E-state index is 11.5. The van der Waals surface area contributed by atoms with Crippen molar-refractivity contribution in [3.05, 3.63) is 58.6 Å². The molecule has 2 aromatic carbocycles. The van der Waals surface area contributed by atoms with Crippen molar-refractivity contribution in [2.45, 2.75) is 18.9 Å². The molecule has 8 heteroatoms. The first-order valence-electron chi connectivity index (χ1n) is 8.57. The van der Waals surface area contributed by atoms with Crippen LogP contribution in [0.3, 0.4) is 0 Å². The minimum absolute atomic E-state index is 0.0245. The molecule has 0 saturated heterocycles. The van der Waals surface area contributed by atoms with Gasteiger partial charge in [-0.1, -0.05) is 35.1 Å². The van der Waals surface area contributed by atoms with Crippen LogP contribution in [0.1, 0.15) is 11.1 Å². The number of fused-ring (bicyclic) bond motifs is 1.